The molecule has 0 spiro atoms. The lowest BCUT2D eigenvalue weighted by Crippen LogP contribution is -2.39. The summed E-state index contributed by atoms with van der Waals surface area (Å²) in [6, 6.07) is 10.6. The predicted molar refractivity (Wildman–Crippen MR) is 75.2 cm³/mol. The standard InChI is InChI=1S/C16H15FN2O/c1-11-8-12-4-2-3-5-14(12)19(10-11)16(20)13-6-7-15(17)18-9-13/h2-7,9,11H,8,10H2,1H3. The fourth-order valence-electron chi connectivity index (χ4n) is 2.65. The lowest BCUT2D eigenvalue weighted by molar-refractivity contribution is 0.0980. The second-order valence-electron chi connectivity index (χ2n) is 5.22. The average molecular weight is 270 g/mol. The second kappa shape index (κ2) is 5.04. The van der Waals surface area contributed by atoms with Crippen molar-refractivity contribution in [1.82, 2.24) is 4.98 Å². The normalized spacial score (nSPS) is 17.7. The molecule has 2 aromatic rings. The van der Waals surface area contributed by atoms with Crippen molar-refractivity contribution in [2.24, 2.45) is 5.92 Å². The summed E-state index contributed by atoms with van der Waals surface area (Å²) in [4.78, 5) is 17.9. The van der Waals surface area contributed by atoms with Crippen molar-refractivity contribution in [2.45, 2.75) is 13.3 Å². The smallest absolute Gasteiger partial charge is 0.259 e. The van der Waals surface area contributed by atoms with Crippen LogP contribution in [-0.2, 0) is 6.42 Å². The van der Waals surface area contributed by atoms with Crippen LogP contribution in [0, 0.1) is 11.9 Å². The predicted octanol–water partition coefficient (Wildman–Crippen LogP) is 3.06. The number of benzene rings is 1. The first-order valence-electron chi connectivity index (χ1n) is 6.66. The Labute approximate surface area is 117 Å². The summed E-state index contributed by atoms with van der Waals surface area (Å²) >= 11 is 0. The summed E-state index contributed by atoms with van der Waals surface area (Å²) in [7, 11) is 0. The minimum Gasteiger partial charge on any atom is -0.308 e. The number of hydrogen-bond acceptors (Lipinski definition) is 2. The third-order valence-electron chi connectivity index (χ3n) is 3.56. The molecule has 1 aliphatic heterocycles. The van der Waals surface area contributed by atoms with Gasteiger partial charge in [0.1, 0.15) is 0 Å². The number of anilines is 1. The fraction of sp³-hybridized carbons (Fsp3) is 0.250. The number of amides is 1. The van der Waals surface area contributed by atoms with Gasteiger partial charge in [-0.1, -0.05) is 25.1 Å². The van der Waals surface area contributed by atoms with Crippen LogP contribution in [0.2, 0.25) is 0 Å². The van der Waals surface area contributed by atoms with E-state index in [1.54, 1.807) is 4.90 Å². The monoisotopic (exact) mass is 270 g/mol. The van der Waals surface area contributed by atoms with E-state index in [1.807, 2.05) is 24.3 Å². The van der Waals surface area contributed by atoms with E-state index in [9.17, 15) is 9.18 Å². The highest BCUT2D eigenvalue weighted by atomic mass is 19.1. The number of rotatable bonds is 1. The van der Waals surface area contributed by atoms with Crippen LogP contribution in [0.1, 0.15) is 22.8 Å². The van der Waals surface area contributed by atoms with Gasteiger partial charge in [-0.15, -0.1) is 0 Å². The van der Waals surface area contributed by atoms with E-state index >= 15 is 0 Å². The zero-order valence-electron chi connectivity index (χ0n) is 11.2. The molecule has 0 fully saturated rings. The molecule has 0 saturated heterocycles. The van der Waals surface area contributed by atoms with Gasteiger partial charge in [-0.3, -0.25) is 4.79 Å². The Bertz CT molecular complexity index is 639. The highest BCUT2D eigenvalue weighted by Gasteiger charge is 2.26. The van der Waals surface area contributed by atoms with Gasteiger partial charge in [0.2, 0.25) is 5.95 Å². The quantitative estimate of drug-likeness (QED) is 0.746. The topological polar surface area (TPSA) is 33.2 Å². The third kappa shape index (κ3) is 2.29. The minimum absolute atomic E-state index is 0.128. The summed E-state index contributed by atoms with van der Waals surface area (Å²) in [6.07, 6.45) is 2.27. The summed E-state index contributed by atoms with van der Waals surface area (Å²) in [6.45, 7) is 2.80. The summed E-state index contributed by atoms with van der Waals surface area (Å²) in [5.74, 6) is -0.298. The van der Waals surface area contributed by atoms with Gasteiger partial charge in [0.25, 0.3) is 5.91 Å². The maximum atomic E-state index is 12.9. The number of hydrogen-bond donors (Lipinski definition) is 0. The van der Waals surface area contributed by atoms with Crippen molar-refractivity contribution < 1.29 is 9.18 Å². The number of carbonyl (C=O) groups excluding carboxylic acids is 1. The highest BCUT2D eigenvalue weighted by Crippen LogP contribution is 2.30. The van der Waals surface area contributed by atoms with Gasteiger partial charge in [0, 0.05) is 18.4 Å². The van der Waals surface area contributed by atoms with Gasteiger partial charge in [-0.05, 0) is 36.1 Å². The Hall–Kier alpha value is -2.23. The Morgan fingerprint density at radius 1 is 1.30 bits per heavy atom. The average Bonchev–Trinajstić information content (AvgIpc) is 2.46. The minimum atomic E-state index is -0.575. The molecule has 0 saturated carbocycles. The van der Waals surface area contributed by atoms with Crippen LogP contribution < -0.4 is 4.90 Å². The van der Waals surface area contributed by atoms with Crippen molar-refractivity contribution in [3.63, 3.8) is 0 Å². The molecular formula is C16H15FN2O. The Morgan fingerprint density at radius 3 is 2.85 bits per heavy atom. The van der Waals surface area contributed by atoms with Crippen LogP contribution in [-0.4, -0.2) is 17.4 Å². The SMILES string of the molecule is CC1Cc2ccccc2N(C(=O)c2ccc(F)nc2)C1. The van der Waals surface area contributed by atoms with Gasteiger partial charge < -0.3 is 4.90 Å². The third-order valence-corrected chi connectivity index (χ3v) is 3.56. The first-order valence-corrected chi connectivity index (χ1v) is 6.66. The van der Waals surface area contributed by atoms with Crippen molar-refractivity contribution in [3.8, 4) is 0 Å². The van der Waals surface area contributed by atoms with Crippen LogP contribution in [0.3, 0.4) is 0 Å². The molecule has 0 aliphatic carbocycles. The van der Waals surface area contributed by atoms with Crippen molar-refractivity contribution in [2.75, 3.05) is 11.4 Å². The zero-order valence-corrected chi connectivity index (χ0v) is 11.2. The number of fused-ring (bicyclic) bond motifs is 1. The summed E-state index contributed by atoms with van der Waals surface area (Å²) in [5, 5.41) is 0. The number of halogens is 1. The van der Waals surface area contributed by atoms with Crippen LogP contribution >= 0.6 is 0 Å². The van der Waals surface area contributed by atoms with Crippen molar-refractivity contribution in [1.29, 1.82) is 0 Å². The Kier molecular flexibility index (Phi) is 3.22. The molecule has 0 N–H and O–H groups in total. The van der Waals surface area contributed by atoms with Crippen molar-refractivity contribution >= 4 is 11.6 Å². The van der Waals surface area contributed by atoms with E-state index in [1.165, 1.54) is 23.9 Å². The molecule has 3 nitrogen and oxygen atoms in total. The van der Waals surface area contributed by atoms with Crippen molar-refractivity contribution in [3.05, 3.63) is 59.7 Å². The molecule has 1 aromatic carbocycles. The van der Waals surface area contributed by atoms with E-state index in [-0.39, 0.29) is 5.91 Å². The van der Waals surface area contributed by atoms with E-state index in [0.717, 1.165) is 12.1 Å². The molecule has 1 unspecified atom stereocenters. The first kappa shape index (κ1) is 12.8. The summed E-state index contributed by atoms with van der Waals surface area (Å²) < 4.78 is 12.9. The molecular weight excluding hydrogens is 255 g/mol. The largest absolute Gasteiger partial charge is 0.308 e. The fourth-order valence-corrected chi connectivity index (χ4v) is 2.65. The Morgan fingerprint density at radius 2 is 2.10 bits per heavy atom. The highest BCUT2D eigenvalue weighted by molar-refractivity contribution is 6.06. The number of aromatic nitrogens is 1. The van der Waals surface area contributed by atoms with Gasteiger partial charge >= 0.3 is 0 Å². The van der Waals surface area contributed by atoms with E-state index < -0.39 is 5.95 Å². The van der Waals surface area contributed by atoms with Crippen LogP contribution in [0.4, 0.5) is 10.1 Å². The van der Waals surface area contributed by atoms with Crippen LogP contribution in [0.15, 0.2) is 42.6 Å². The first-order chi connectivity index (χ1) is 9.65. The summed E-state index contributed by atoms with van der Waals surface area (Å²) in [5.41, 5.74) is 2.53. The molecule has 4 heteroatoms. The molecule has 20 heavy (non-hydrogen) atoms. The van der Waals surface area contributed by atoms with Gasteiger partial charge in [0.05, 0.1) is 5.56 Å². The molecule has 1 aromatic heterocycles. The Balaban J connectivity index is 1.97. The van der Waals surface area contributed by atoms with Crippen LogP contribution in [0.25, 0.3) is 0 Å². The van der Waals surface area contributed by atoms with Crippen LogP contribution in [0.5, 0.6) is 0 Å². The molecule has 1 aliphatic rings. The second-order valence-corrected chi connectivity index (χ2v) is 5.22. The van der Waals surface area contributed by atoms with Gasteiger partial charge in [-0.25, -0.2) is 4.98 Å². The van der Waals surface area contributed by atoms with E-state index in [0.29, 0.717) is 18.0 Å². The number of pyridine rings is 1. The zero-order chi connectivity index (χ0) is 14.1. The molecule has 102 valence electrons. The molecule has 0 bridgehead atoms. The molecule has 0 radical (unpaired) electrons. The number of nitrogens with zero attached hydrogens (tertiary/aromatic N) is 2. The lowest BCUT2D eigenvalue weighted by atomic mass is 9.93. The molecule has 3 rings (SSSR count). The van der Waals surface area contributed by atoms with E-state index in [4.69, 9.17) is 0 Å². The molecule has 2 heterocycles. The molecule has 1 atom stereocenters. The van der Waals surface area contributed by atoms with E-state index in [2.05, 4.69) is 11.9 Å². The number of para-hydroxylation sites is 1. The maximum Gasteiger partial charge on any atom is 0.259 e. The number of carbonyl (C=O) groups is 1. The maximum absolute atomic E-state index is 12.9. The lowest BCUT2D eigenvalue weighted by Gasteiger charge is -2.33. The molecule has 1 amide bonds. The van der Waals surface area contributed by atoms with Gasteiger partial charge in [-0.2, -0.15) is 4.39 Å². The van der Waals surface area contributed by atoms with Gasteiger partial charge in [0.15, 0.2) is 0 Å².